The van der Waals surface area contributed by atoms with E-state index in [0.29, 0.717) is 11.1 Å². The summed E-state index contributed by atoms with van der Waals surface area (Å²) in [5, 5.41) is 27.4. The number of rotatable bonds is 4. The van der Waals surface area contributed by atoms with Crippen molar-refractivity contribution in [2.45, 2.75) is 6.92 Å². The Morgan fingerprint density at radius 1 is 1.56 bits per heavy atom. The van der Waals surface area contributed by atoms with Crippen molar-refractivity contribution in [2.24, 2.45) is 5.10 Å². The van der Waals surface area contributed by atoms with Crippen LogP contribution in [0.3, 0.4) is 0 Å². The third-order valence-corrected chi connectivity index (χ3v) is 2.15. The highest BCUT2D eigenvalue weighted by Gasteiger charge is 2.09. The quantitative estimate of drug-likeness (QED) is 0.469. The van der Waals surface area contributed by atoms with Crippen molar-refractivity contribution in [2.75, 3.05) is 5.43 Å². The van der Waals surface area contributed by atoms with Crippen LogP contribution < -0.4 is 5.43 Å². The zero-order valence-corrected chi connectivity index (χ0v) is 9.36. The van der Waals surface area contributed by atoms with E-state index in [0.717, 1.165) is 0 Å². The lowest BCUT2D eigenvalue weighted by molar-refractivity contribution is -0.385. The number of anilines is 1. The second-order valence-corrected chi connectivity index (χ2v) is 3.41. The molecule has 2 rings (SSSR count). The fraction of sp³-hybridized carbons (Fsp3) is 0.111. The molecular formula is C9H9N7O2. The molecule has 0 saturated heterocycles. The Morgan fingerprint density at radius 3 is 3.06 bits per heavy atom. The van der Waals surface area contributed by atoms with E-state index in [4.69, 9.17) is 0 Å². The molecule has 1 heterocycles. The predicted molar refractivity (Wildman–Crippen MR) is 63.2 cm³/mol. The van der Waals surface area contributed by atoms with Crippen molar-refractivity contribution in [3.8, 4) is 0 Å². The molecule has 0 unspecified atom stereocenters. The Hall–Kier alpha value is -2.84. The molecule has 9 nitrogen and oxygen atoms in total. The molecule has 2 aromatic rings. The number of benzene rings is 1. The highest BCUT2D eigenvalue weighted by atomic mass is 16.6. The number of aromatic amines is 1. The van der Waals surface area contributed by atoms with Gasteiger partial charge in [-0.3, -0.25) is 10.1 Å². The van der Waals surface area contributed by atoms with Gasteiger partial charge in [-0.25, -0.2) is 5.43 Å². The second kappa shape index (κ2) is 4.99. The number of hydrogen-bond acceptors (Lipinski definition) is 7. The minimum Gasteiger partial charge on any atom is -0.258 e. The Morgan fingerprint density at radius 2 is 2.39 bits per heavy atom. The predicted octanol–water partition coefficient (Wildman–Crippen LogP) is 0.862. The van der Waals surface area contributed by atoms with E-state index in [-0.39, 0.29) is 11.6 Å². The molecule has 0 spiro atoms. The van der Waals surface area contributed by atoms with Crippen LogP contribution >= 0.6 is 0 Å². The van der Waals surface area contributed by atoms with Crippen LogP contribution in [0.1, 0.15) is 11.1 Å². The maximum atomic E-state index is 10.7. The summed E-state index contributed by atoms with van der Waals surface area (Å²) in [7, 11) is 0. The van der Waals surface area contributed by atoms with Gasteiger partial charge in [-0.05, 0) is 12.1 Å². The lowest BCUT2D eigenvalue weighted by Gasteiger charge is -1.98. The first kappa shape index (κ1) is 11.6. The average molecular weight is 247 g/mol. The van der Waals surface area contributed by atoms with Crippen LogP contribution in [0.15, 0.2) is 23.3 Å². The molecule has 0 radical (unpaired) electrons. The molecule has 9 heteroatoms. The highest BCUT2D eigenvalue weighted by Crippen LogP contribution is 2.18. The number of nitro benzene ring substituents is 1. The molecule has 0 bridgehead atoms. The third-order valence-electron chi connectivity index (χ3n) is 2.15. The summed E-state index contributed by atoms with van der Waals surface area (Å²) in [5.41, 5.74) is 3.77. The Balaban J connectivity index is 2.12. The van der Waals surface area contributed by atoms with E-state index in [1.54, 1.807) is 19.1 Å². The number of H-pyrrole nitrogens is 1. The molecule has 0 aliphatic rings. The zero-order valence-electron chi connectivity index (χ0n) is 9.36. The highest BCUT2D eigenvalue weighted by molar-refractivity contribution is 5.81. The summed E-state index contributed by atoms with van der Waals surface area (Å²) in [6.45, 7) is 1.68. The van der Waals surface area contributed by atoms with Crippen LogP contribution in [0.2, 0.25) is 0 Å². The van der Waals surface area contributed by atoms with Gasteiger partial charge in [0.25, 0.3) is 11.6 Å². The van der Waals surface area contributed by atoms with Crippen LogP contribution in [0.5, 0.6) is 0 Å². The first-order chi connectivity index (χ1) is 8.66. The number of hydrogen-bond donors (Lipinski definition) is 2. The monoisotopic (exact) mass is 247 g/mol. The summed E-state index contributed by atoms with van der Waals surface area (Å²) in [6.07, 6.45) is 1.43. The molecule has 18 heavy (non-hydrogen) atoms. The molecule has 0 saturated carbocycles. The summed E-state index contributed by atoms with van der Waals surface area (Å²) in [4.78, 5) is 10.3. The topological polar surface area (TPSA) is 122 Å². The smallest absolute Gasteiger partial charge is 0.258 e. The summed E-state index contributed by atoms with van der Waals surface area (Å²) < 4.78 is 0. The van der Waals surface area contributed by atoms with Gasteiger partial charge >= 0.3 is 0 Å². The lowest BCUT2D eigenvalue weighted by atomic mass is 10.1. The van der Waals surface area contributed by atoms with E-state index in [1.807, 2.05) is 0 Å². The van der Waals surface area contributed by atoms with Crippen molar-refractivity contribution in [3.63, 3.8) is 0 Å². The van der Waals surface area contributed by atoms with E-state index in [1.165, 1.54) is 12.3 Å². The van der Waals surface area contributed by atoms with Gasteiger partial charge in [0.1, 0.15) is 0 Å². The molecular weight excluding hydrogens is 238 g/mol. The van der Waals surface area contributed by atoms with Gasteiger partial charge < -0.3 is 0 Å². The van der Waals surface area contributed by atoms with Crippen molar-refractivity contribution < 1.29 is 4.92 Å². The van der Waals surface area contributed by atoms with Crippen molar-refractivity contribution in [1.29, 1.82) is 0 Å². The average Bonchev–Trinajstić information content (AvgIpc) is 2.84. The van der Waals surface area contributed by atoms with Gasteiger partial charge in [0.05, 0.1) is 11.1 Å². The minimum atomic E-state index is -0.431. The van der Waals surface area contributed by atoms with Crippen LogP contribution in [0.25, 0.3) is 0 Å². The number of hydrazone groups is 1. The van der Waals surface area contributed by atoms with Crippen LogP contribution in [-0.4, -0.2) is 31.8 Å². The van der Waals surface area contributed by atoms with Crippen LogP contribution in [0.4, 0.5) is 11.6 Å². The molecule has 0 atom stereocenters. The van der Waals surface area contributed by atoms with Gasteiger partial charge in [-0.2, -0.15) is 10.3 Å². The Bertz CT molecular complexity index is 579. The van der Waals surface area contributed by atoms with Gasteiger partial charge in [0, 0.05) is 17.2 Å². The van der Waals surface area contributed by atoms with E-state index in [2.05, 4.69) is 31.2 Å². The van der Waals surface area contributed by atoms with E-state index < -0.39 is 4.92 Å². The summed E-state index contributed by atoms with van der Waals surface area (Å²) in [6, 6.07) is 4.83. The number of aromatic nitrogens is 4. The fourth-order valence-electron chi connectivity index (χ4n) is 1.28. The van der Waals surface area contributed by atoms with Crippen molar-refractivity contribution in [1.82, 2.24) is 20.6 Å². The Labute approximate surface area is 101 Å². The molecule has 2 N–H and O–H groups in total. The maximum Gasteiger partial charge on any atom is 0.283 e. The minimum absolute atomic E-state index is 0.0542. The molecule has 0 aliphatic heterocycles. The van der Waals surface area contributed by atoms with Crippen LogP contribution in [-0.2, 0) is 0 Å². The van der Waals surface area contributed by atoms with E-state index >= 15 is 0 Å². The lowest BCUT2D eigenvalue weighted by Crippen LogP contribution is -1.95. The normalized spacial score (nSPS) is 10.7. The number of tetrazole rings is 1. The number of aryl methyl sites for hydroxylation is 1. The molecule has 0 amide bonds. The second-order valence-electron chi connectivity index (χ2n) is 3.41. The van der Waals surface area contributed by atoms with Gasteiger partial charge in [-0.1, -0.05) is 17.2 Å². The van der Waals surface area contributed by atoms with Gasteiger partial charge in [-0.15, -0.1) is 5.10 Å². The summed E-state index contributed by atoms with van der Waals surface area (Å²) in [5.74, 6) is 0.216. The Kier molecular flexibility index (Phi) is 3.23. The van der Waals surface area contributed by atoms with Gasteiger partial charge in [0.15, 0.2) is 0 Å². The number of nitrogens with zero attached hydrogens (tertiary/aromatic N) is 5. The first-order valence-corrected chi connectivity index (χ1v) is 4.94. The van der Waals surface area contributed by atoms with Gasteiger partial charge in [0.2, 0.25) is 0 Å². The molecule has 92 valence electrons. The van der Waals surface area contributed by atoms with Crippen molar-refractivity contribution in [3.05, 3.63) is 39.4 Å². The van der Waals surface area contributed by atoms with Crippen LogP contribution in [0, 0.1) is 17.0 Å². The third kappa shape index (κ3) is 2.64. The molecule has 1 aromatic heterocycles. The SMILES string of the molecule is Cc1ccc(/C=N\Nc2nn[nH]n2)cc1[N+](=O)[O-]. The molecule has 0 aliphatic carbocycles. The summed E-state index contributed by atoms with van der Waals surface area (Å²) >= 11 is 0. The standard InChI is InChI=1S/C9H9N7O2/c1-6-2-3-7(4-8(6)16(17)18)5-10-11-9-12-14-15-13-9/h2-5H,1H3,(H2,11,12,13,14,15)/b10-5-. The fourth-order valence-corrected chi connectivity index (χ4v) is 1.28. The maximum absolute atomic E-state index is 10.7. The zero-order chi connectivity index (χ0) is 13.0. The van der Waals surface area contributed by atoms with E-state index in [9.17, 15) is 10.1 Å². The number of nitro groups is 1. The largest absolute Gasteiger partial charge is 0.283 e. The van der Waals surface area contributed by atoms with Crippen molar-refractivity contribution >= 4 is 17.9 Å². The number of nitrogens with one attached hydrogen (secondary N) is 2. The molecule has 0 fully saturated rings. The molecule has 1 aromatic carbocycles. The first-order valence-electron chi connectivity index (χ1n) is 4.94.